The minimum absolute atomic E-state index is 0.205. The Morgan fingerprint density at radius 3 is 2.55 bits per heavy atom. The molecule has 128 valence electrons. The van der Waals surface area contributed by atoms with Crippen LogP contribution in [0.25, 0.3) is 0 Å². The summed E-state index contributed by atoms with van der Waals surface area (Å²) >= 11 is 0. The van der Waals surface area contributed by atoms with Crippen LogP contribution in [-0.4, -0.2) is 48.1 Å². The molecule has 0 bridgehead atoms. The summed E-state index contributed by atoms with van der Waals surface area (Å²) < 4.78 is 53.9. The second kappa shape index (κ2) is 6.39. The summed E-state index contributed by atoms with van der Waals surface area (Å²) in [5, 5.41) is 9.16. The Labute approximate surface area is 129 Å². The van der Waals surface area contributed by atoms with Gasteiger partial charge in [-0.25, -0.2) is 17.2 Å². The molecule has 1 saturated heterocycles. The molecule has 0 amide bonds. The third-order valence-corrected chi connectivity index (χ3v) is 6.98. The summed E-state index contributed by atoms with van der Waals surface area (Å²) in [4.78, 5) is 11.2. The van der Waals surface area contributed by atoms with E-state index in [0.717, 1.165) is 4.31 Å². The average molecular weight is 339 g/mol. The Morgan fingerprint density at radius 2 is 1.95 bits per heavy atom. The highest BCUT2D eigenvalue weighted by Gasteiger charge is 2.46. The molecule has 1 saturated carbocycles. The van der Waals surface area contributed by atoms with Crippen LogP contribution in [0.5, 0.6) is 0 Å². The molecule has 1 aliphatic carbocycles. The van der Waals surface area contributed by atoms with E-state index in [1.54, 1.807) is 6.92 Å². The van der Waals surface area contributed by atoms with Crippen LogP contribution in [-0.2, 0) is 14.8 Å². The second-order valence-electron chi connectivity index (χ2n) is 6.42. The summed E-state index contributed by atoms with van der Waals surface area (Å²) in [5.41, 5.74) is 0. The van der Waals surface area contributed by atoms with Crippen LogP contribution in [0.2, 0.25) is 0 Å². The number of halogens is 2. The monoisotopic (exact) mass is 339 g/mol. The fourth-order valence-corrected chi connectivity index (χ4v) is 5.73. The molecule has 3 atom stereocenters. The SMILES string of the molecule is C[C@@H]1[C@H](C(=O)O)CCCN1S(=O)(=O)CC1CCCCC1(F)F. The van der Waals surface area contributed by atoms with Gasteiger partial charge in [0, 0.05) is 24.9 Å². The average Bonchev–Trinajstić information content (AvgIpc) is 2.40. The molecule has 1 N–H and O–H groups in total. The molecule has 2 fully saturated rings. The number of carboxylic acids is 1. The Bertz CT molecular complexity index is 523. The number of piperidine rings is 1. The van der Waals surface area contributed by atoms with Gasteiger partial charge in [-0.2, -0.15) is 4.31 Å². The van der Waals surface area contributed by atoms with Crippen molar-refractivity contribution < 1.29 is 27.1 Å². The van der Waals surface area contributed by atoms with Crippen molar-refractivity contribution in [2.45, 2.75) is 57.4 Å². The van der Waals surface area contributed by atoms with Gasteiger partial charge in [0.2, 0.25) is 10.0 Å². The number of aliphatic carboxylic acids is 1. The van der Waals surface area contributed by atoms with Crippen LogP contribution in [0.4, 0.5) is 8.78 Å². The number of alkyl halides is 2. The first-order chi connectivity index (χ1) is 10.1. The quantitative estimate of drug-likeness (QED) is 0.853. The maximum Gasteiger partial charge on any atom is 0.308 e. The first-order valence-corrected chi connectivity index (χ1v) is 9.36. The summed E-state index contributed by atoms with van der Waals surface area (Å²) in [6.07, 6.45) is 1.84. The number of sulfonamides is 1. The fourth-order valence-electron chi connectivity index (χ4n) is 3.56. The molecule has 0 radical (unpaired) electrons. The molecule has 2 aliphatic rings. The lowest BCUT2D eigenvalue weighted by Crippen LogP contribution is -2.51. The summed E-state index contributed by atoms with van der Waals surface area (Å²) in [7, 11) is -3.88. The Kier molecular flexibility index (Phi) is 5.11. The minimum atomic E-state index is -3.88. The van der Waals surface area contributed by atoms with E-state index in [4.69, 9.17) is 5.11 Å². The zero-order valence-electron chi connectivity index (χ0n) is 12.7. The number of rotatable bonds is 4. The number of hydrogen-bond acceptors (Lipinski definition) is 3. The van der Waals surface area contributed by atoms with Crippen molar-refractivity contribution in [2.75, 3.05) is 12.3 Å². The molecule has 2 rings (SSSR count). The molecule has 0 aromatic carbocycles. The standard InChI is InChI=1S/C14H23F2NO4S/c1-10-12(13(18)19)6-4-8-17(10)22(20,21)9-11-5-2-3-7-14(11,15)16/h10-12H,2-9H2,1H3,(H,18,19)/t10-,11?,12-/m1/s1. The highest BCUT2D eigenvalue weighted by atomic mass is 32.2. The highest BCUT2D eigenvalue weighted by Crippen LogP contribution is 2.40. The van der Waals surface area contributed by atoms with Crippen LogP contribution in [0.3, 0.4) is 0 Å². The number of carbonyl (C=O) groups is 1. The molecular weight excluding hydrogens is 316 g/mol. The molecule has 8 heteroatoms. The minimum Gasteiger partial charge on any atom is -0.481 e. The second-order valence-corrected chi connectivity index (χ2v) is 8.39. The van der Waals surface area contributed by atoms with Gasteiger partial charge in [-0.05, 0) is 32.6 Å². The molecule has 0 spiro atoms. The molecular formula is C14H23F2NO4S. The van der Waals surface area contributed by atoms with E-state index in [2.05, 4.69) is 0 Å². The molecule has 1 aliphatic heterocycles. The van der Waals surface area contributed by atoms with Gasteiger partial charge in [0.15, 0.2) is 0 Å². The normalized spacial score (nSPS) is 33.5. The van der Waals surface area contributed by atoms with E-state index in [1.165, 1.54) is 0 Å². The van der Waals surface area contributed by atoms with Crippen LogP contribution < -0.4 is 0 Å². The summed E-state index contributed by atoms with van der Waals surface area (Å²) in [6, 6.07) is -0.687. The largest absolute Gasteiger partial charge is 0.481 e. The number of carboxylic acid groups (broad SMARTS) is 1. The van der Waals surface area contributed by atoms with Gasteiger partial charge in [0.25, 0.3) is 5.92 Å². The van der Waals surface area contributed by atoms with Crippen molar-refractivity contribution in [1.82, 2.24) is 4.31 Å². The lowest BCUT2D eigenvalue weighted by atomic mass is 9.87. The maximum atomic E-state index is 13.9. The molecule has 0 aromatic rings. The van der Waals surface area contributed by atoms with Gasteiger partial charge in [0.1, 0.15) is 0 Å². The smallest absolute Gasteiger partial charge is 0.308 e. The van der Waals surface area contributed by atoms with Crippen molar-refractivity contribution in [3.05, 3.63) is 0 Å². The first-order valence-electron chi connectivity index (χ1n) is 7.75. The van der Waals surface area contributed by atoms with Gasteiger partial charge < -0.3 is 5.11 Å². The molecule has 22 heavy (non-hydrogen) atoms. The fraction of sp³-hybridized carbons (Fsp3) is 0.929. The molecule has 1 heterocycles. The maximum absolute atomic E-state index is 13.9. The van der Waals surface area contributed by atoms with Gasteiger partial charge in [-0.1, -0.05) is 6.42 Å². The lowest BCUT2D eigenvalue weighted by Gasteiger charge is -2.38. The summed E-state index contributed by atoms with van der Waals surface area (Å²) in [5.74, 6) is -6.50. The van der Waals surface area contributed by atoms with E-state index >= 15 is 0 Å². The Hall–Kier alpha value is -0.760. The van der Waals surface area contributed by atoms with E-state index in [9.17, 15) is 22.0 Å². The lowest BCUT2D eigenvalue weighted by molar-refractivity contribution is -0.144. The topological polar surface area (TPSA) is 74.7 Å². The van der Waals surface area contributed by atoms with E-state index in [-0.39, 0.29) is 19.4 Å². The van der Waals surface area contributed by atoms with Crippen LogP contribution in [0.1, 0.15) is 45.4 Å². The van der Waals surface area contributed by atoms with Crippen molar-refractivity contribution in [3.8, 4) is 0 Å². The van der Waals surface area contributed by atoms with E-state index in [1.807, 2.05) is 0 Å². The van der Waals surface area contributed by atoms with Crippen LogP contribution >= 0.6 is 0 Å². The first kappa shape index (κ1) is 17.6. The number of hydrogen-bond donors (Lipinski definition) is 1. The third-order valence-electron chi connectivity index (χ3n) is 4.93. The van der Waals surface area contributed by atoms with E-state index in [0.29, 0.717) is 25.7 Å². The van der Waals surface area contributed by atoms with Crippen molar-refractivity contribution >= 4 is 16.0 Å². The van der Waals surface area contributed by atoms with Crippen molar-refractivity contribution in [2.24, 2.45) is 11.8 Å². The highest BCUT2D eigenvalue weighted by molar-refractivity contribution is 7.89. The van der Waals surface area contributed by atoms with Crippen LogP contribution in [0.15, 0.2) is 0 Å². The van der Waals surface area contributed by atoms with Crippen LogP contribution in [0, 0.1) is 11.8 Å². The molecule has 1 unspecified atom stereocenters. The van der Waals surface area contributed by atoms with Gasteiger partial charge in [-0.15, -0.1) is 0 Å². The third kappa shape index (κ3) is 3.59. The predicted molar refractivity (Wildman–Crippen MR) is 77.2 cm³/mol. The van der Waals surface area contributed by atoms with Gasteiger partial charge in [-0.3, -0.25) is 4.79 Å². The number of nitrogens with zero attached hydrogens (tertiary/aromatic N) is 1. The van der Waals surface area contributed by atoms with Gasteiger partial charge >= 0.3 is 5.97 Å². The zero-order valence-corrected chi connectivity index (χ0v) is 13.5. The Balaban J connectivity index is 2.14. The zero-order chi connectivity index (χ0) is 16.5. The van der Waals surface area contributed by atoms with Gasteiger partial charge in [0.05, 0.1) is 11.7 Å². The predicted octanol–water partition coefficient (Wildman–Crippen LogP) is 2.33. The molecule has 0 aromatic heterocycles. The summed E-state index contributed by atoms with van der Waals surface area (Å²) in [6.45, 7) is 1.76. The molecule has 5 nitrogen and oxygen atoms in total. The van der Waals surface area contributed by atoms with E-state index < -0.39 is 45.5 Å². The van der Waals surface area contributed by atoms with Crippen molar-refractivity contribution in [1.29, 1.82) is 0 Å². The van der Waals surface area contributed by atoms with Crippen molar-refractivity contribution in [3.63, 3.8) is 0 Å². The Morgan fingerprint density at radius 1 is 1.27 bits per heavy atom.